The molecule has 0 radical (unpaired) electrons. The Balaban J connectivity index is 0.00000408. The molecule has 0 aliphatic heterocycles. The van der Waals surface area contributed by atoms with Crippen molar-refractivity contribution in [2.24, 2.45) is 0 Å². The molecule has 0 bridgehead atoms. The molecule has 0 fully saturated rings. The Morgan fingerprint density at radius 3 is 2.18 bits per heavy atom. The van der Waals surface area contributed by atoms with E-state index < -0.39 is 21.9 Å². The summed E-state index contributed by atoms with van der Waals surface area (Å²) < 4.78 is 31.2. The van der Waals surface area contributed by atoms with E-state index in [1.807, 2.05) is 6.92 Å². The molecule has 3 aromatic carbocycles. The third kappa shape index (κ3) is 7.55. The van der Waals surface area contributed by atoms with E-state index in [0.29, 0.717) is 23.9 Å². The summed E-state index contributed by atoms with van der Waals surface area (Å²) >= 11 is 5.95. The van der Waals surface area contributed by atoms with Crippen LogP contribution in [-0.4, -0.2) is 73.4 Å². The van der Waals surface area contributed by atoms with Crippen LogP contribution in [-0.2, 0) is 9.84 Å². The third-order valence-corrected chi connectivity index (χ3v) is 6.96. The normalized spacial score (nSPS) is 12.9. The molecule has 7 nitrogen and oxygen atoms in total. The van der Waals surface area contributed by atoms with E-state index in [4.69, 9.17) is 21.4 Å². The molecule has 3 N–H and O–H groups in total. The van der Waals surface area contributed by atoms with Gasteiger partial charge in [0, 0.05) is 17.6 Å². The van der Waals surface area contributed by atoms with Crippen LogP contribution in [0, 0.1) is 0 Å². The predicted molar refractivity (Wildman–Crippen MR) is 132 cm³/mol. The van der Waals surface area contributed by atoms with Gasteiger partial charge in [-0.05, 0) is 73.2 Å². The molecular weight excluding hydrogens is 489 g/mol. The van der Waals surface area contributed by atoms with Gasteiger partial charge in [0.1, 0.15) is 12.4 Å². The van der Waals surface area contributed by atoms with Gasteiger partial charge in [0.2, 0.25) is 9.84 Å². The Labute approximate surface area is 225 Å². The van der Waals surface area contributed by atoms with Crippen molar-refractivity contribution in [1.29, 1.82) is 0 Å². The summed E-state index contributed by atoms with van der Waals surface area (Å²) in [5, 5.41) is 23.0. The average molecular weight is 514 g/mol. The summed E-state index contributed by atoms with van der Waals surface area (Å²) in [7, 11) is -3.78. The SMILES string of the molecule is C[C@H](COc1ccc(S(=O)(=O)c2ccc(C(=O)O)cc2)cc1)NC[C@@H](O)c1cccc(Cl)c1.[NaH]. The van der Waals surface area contributed by atoms with Crippen molar-refractivity contribution in [3.63, 3.8) is 0 Å². The molecular formula is C24H25ClNNaO6S. The van der Waals surface area contributed by atoms with E-state index in [2.05, 4.69) is 5.32 Å². The van der Waals surface area contributed by atoms with Crippen molar-refractivity contribution in [2.75, 3.05) is 13.2 Å². The Morgan fingerprint density at radius 2 is 1.62 bits per heavy atom. The number of carboxylic acids is 1. The number of aliphatic hydroxyl groups excluding tert-OH is 1. The number of sulfone groups is 1. The van der Waals surface area contributed by atoms with Gasteiger partial charge in [-0.15, -0.1) is 0 Å². The predicted octanol–water partition coefficient (Wildman–Crippen LogP) is 3.31. The van der Waals surface area contributed by atoms with Crippen LogP contribution >= 0.6 is 11.6 Å². The molecule has 3 aromatic rings. The fourth-order valence-electron chi connectivity index (χ4n) is 3.05. The molecule has 2 atom stereocenters. The van der Waals surface area contributed by atoms with Gasteiger partial charge in [0.15, 0.2) is 0 Å². The molecule has 0 saturated carbocycles. The van der Waals surface area contributed by atoms with E-state index in [9.17, 15) is 18.3 Å². The summed E-state index contributed by atoms with van der Waals surface area (Å²) in [5.41, 5.74) is 0.734. The molecule has 176 valence electrons. The van der Waals surface area contributed by atoms with Crippen LogP contribution in [0.5, 0.6) is 5.75 Å². The van der Waals surface area contributed by atoms with E-state index in [-0.39, 0.29) is 51.0 Å². The van der Waals surface area contributed by atoms with Crippen LogP contribution in [0.4, 0.5) is 0 Å². The van der Waals surface area contributed by atoms with E-state index in [0.717, 1.165) is 5.56 Å². The zero-order valence-corrected chi connectivity index (χ0v) is 19.4. The molecule has 0 spiro atoms. The molecule has 0 heterocycles. The molecule has 3 rings (SSSR count). The van der Waals surface area contributed by atoms with Gasteiger partial charge in [0.25, 0.3) is 0 Å². The quantitative estimate of drug-likeness (QED) is 0.356. The molecule has 0 unspecified atom stereocenters. The first-order valence-corrected chi connectivity index (χ1v) is 12.0. The van der Waals surface area contributed by atoms with Gasteiger partial charge in [-0.3, -0.25) is 0 Å². The molecule has 0 aromatic heterocycles. The summed E-state index contributed by atoms with van der Waals surface area (Å²) in [5.74, 6) is -0.623. The fraction of sp³-hybridized carbons (Fsp3) is 0.208. The van der Waals surface area contributed by atoms with Crippen LogP contribution in [0.3, 0.4) is 0 Å². The van der Waals surface area contributed by atoms with Crippen molar-refractivity contribution in [3.05, 3.63) is 88.9 Å². The van der Waals surface area contributed by atoms with Gasteiger partial charge in [-0.2, -0.15) is 0 Å². The number of aliphatic hydroxyl groups is 1. The second-order valence-electron chi connectivity index (χ2n) is 7.50. The van der Waals surface area contributed by atoms with Gasteiger partial charge in [-0.25, -0.2) is 13.2 Å². The monoisotopic (exact) mass is 513 g/mol. The number of carboxylic acid groups (broad SMARTS) is 1. The second kappa shape index (κ2) is 12.7. The van der Waals surface area contributed by atoms with Crippen molar-refractivity contribution in [2.45, 2.75) is 28.9 Å². The maximum absolute atomic E-state index is 12.7. The minimum absolute atomic E-state index is 0. The minimum atomic E-state index is -3.78. The summed E-state index contributed by atoms with van der Waals surface area (Å²) in [6.07, 6.45) is -0.708. The third-order valence-electron chi connectivity index (χ3n) is 4.94. The summed E-state index contributed by atoms with van der Waals surface area (Å²) in [6, 6.07) is 18.0. The standard InChI is InChI=1S/C24H24ClNO6S.Na.H/c1-16(26-14-23(27)18-3-2-4-19(25)13-18)15-32-20-7-11-22(12-8-20)33(30,31)21-9-5-17(6-10-21)24(28)29;;/h2-13,16,23,26-27H,14-15H2,1H3,(H,28,29);;/t16-,23-;;/m1../s1. The van der Waals surface area contributed by atoms with Crippen molar-refractivity contribution >= 4 is 57.0 Å². The molecule has 0 amide bonds. The zero-order chi connectivity index (χ0) is 24.0. The number of aromatic carboxylic acids is 1. The Morgan fingerprint density at radius 1 is 1.03 bits per heavy atom. The Hall–Kier alpha value is -1.91. The first kappa shape index (κ1) is 28.3. The number of hydrogen-bond donors (Lipinski definition) is 3. The molecule has 0 aliphatic rings. The number of hydrogen-bond acceptors (Lipinski definition) is 6. The number of benzene rings is 3. The van der Waals surface area contributed by atoms with Crippen molar-refractivity contribution < 1.29 is 28.2 Å². The van der Waals surface area contributed by atoms with Crippen molar-refractivity contribution in [1.82, 2.24) is 5.32 Å². The topological polar surface area (TPSA) is 113 Å². The number of nitrogens with one attached hydrogen (secondary N) is 1. The molecule has 10 heteroatoms. The molecule has 34 heavy (non-hydrogen) atoms. The number of halogens is 1. The molecule has 0 aliphatic carbocycles. The van der Waals surface area contributed by atoms with Crippen LogP contribution in [0.15, 0.2) is 82.6 Å². The van der Waals surface area contributed by atoms with Gasteiger partial charge in [0.05, 0.1) is 21.5 Å². The summed E-state index contributed by atoms with van der Waals surface area (Å²) in [6.45, 7) is 2.54. The fourth-order valence-corrected chi connectivity index (χ4v) is 4.51. The Kier molecular flexibility index (Phi) is 10.6. The van der Waals surface area contributed by atoms with Crippen LogP contribution < -0.4 is 10.1 Å². The van der Waals surface area contributed by atoms with Gasteiger partial charge < -0.3 is 20.3 Å². The zero-order valence-electron chi connectivity index (χ0n) is 17.8. The summed E-state index contributed by atoms with van der Waals surface area (Å²) in [4.78, 5) is 11.0. The second-order valence-corrected chi connectivity index (χ2v) is 9.88. The van der Waals surface area contributed by atoms with Crippen LogP contribution in [0.1, 0.15) is 28.9 Å². The van der Waals surface area contributed by atoms with E-state index in [1.165, 1.54) is 36.4 Å². The van der Waals surface area contributed by atoms with E-state index in [1.54, 1.807) is 36.4 Å². The Bertz CT molecular complexity index is 1200. The van der Waals surface area contributed by atoms with Crippen LogP contribution in [0.25, 0.3) is 0 Å². The van der Waals surface area contributed by atoms with E-state index >= 15 is 0 Å². The first-order chi connectivity index (χ1) is 15.7. The van der Waals surface area contributed by atoms with Gasteiger partial charge in [-0.1, -0.05) is 23.7 Å². The number of carbonyl (C=O) groups is 1. The van der Waals surface area contributed by atoms with Crippen LogP contribution in [0.2, 0.25) is 5.02 Å². The number of rotatable bonds is 10. The first-order valence-electron chi connectivity index (χ1n) is 10.1. The number of ether oxygens (including phenoxy) is 1. The van der Waals surface area contributed by atoms with Crippen molar-refractivity contribution in [3.8, 4) is 5.75 Å². The maximum atomic E-state index is 12.7. The average Bonchev–Trinajstić information content (AvgIpc) is 2.81. The van der Waals surface area contributed by atoms with Gasteiger partial charge >= 0.3 is 35.5 Å². The molecule has 0 saturated heterocycles.